The standard InChI is InChI=1S/C15H14ClFN2O/c1-9-4-3-5-12(17)14(9)19-15(20)11-8-10(16)6-7-13(11)18-2/h3-8,18H,1-2H3,(H,19,20). The minimum atomic E-state index is -0.466. The number of anilines is 2. The third-order valence-electron chi connectivity index (χ3n) is 2.96. The Morgan fingerprint density at radius 1 is 1.25 bits per heavy atom. The lowest BCUT2D eigenvalue weighted by atomic mass is 10.1. The van der Waals surface area contributed by atoms with E-state index in [1.54, 1.807) is 44.3 Å². The average Bonchev–Trinajstić information content (AvgIpc) is 2.43. The Balaban J connectivity index is 2.35. The summed E-state index contributed by atoms with van der Waals surface area (Å²) in [5.74, 6) is -0.878. The highest BCUT2D eigenvalue weighted by atomic mass is 35.5. The number of halogens is 2. The Kier molecular flexibility index (Phi) is 4.25. The normalized spacial score (nSPS) is 10.2. The van der Waals surface area contributed by atoms with E-state index in [0.717, 1.165) is 0 Å². The minimum absolute atomic E-state index is 0.180. The van der Waals surface area contributed by atoms with Crippen LogP contribution in [-0.2, 0) is 0 Å². The van der Waals surface area contributed by atoms with Crippen LogP contribution in [0.25, 0.3) is 0 Å². The summed E-state index contributed by atoms with van der Waals surface area (Å²) in [7, 11) is 1.70. The molecule has 0 aliphatic rings. The number of nitrogens with one attached hydrogen (secondary N) is 2. The Bertz CT molecular complexity index is 638. The summed E-state index contributed by atoms with van der Waals surface area (Å²) in [4.78, 5) is 12.3. The number of hydrogen-bond donors (Lipinski definition) is 2. The fourth-order valence-electron chi connectivity index (χ4n) is 1.89. The van der Waals surface area contributed by atoms with E-state index in [2.05, 4.69) is 10.6 Å². The predicted octanol–water partition coefficient (Wildman–Crippen LogP) is 4.08. The molecule has 2 aromatic carbocycles. The lowest BCUT2D eigenvalue weighted by molar-refractivity contribution is 0.102. The first-order valence-electron chi connectivity index (χ1n) is 6.06. The molecule has 0 spiro atoms. The van der Waals surface area contributed by atoms with Crippen molar-refractivity contribution in [2.45, 2.75) is 6.92 Å². The van der Waals surface area contributed by atoms with Crippen LogP contribution in [0.3, 0.4) is 0 Å². The molecule has 0 atom stereocenters. The predicted molar refractivity (Wildman–Crippen MR) is 80.1 cm³/mol. The molecule has 0 aromatic heterocycles. The highest BCUT2D eigenvalue weighted by molar-refractivity contribution is 6.31. The summed E-state index contributed by atoms with van der Waals surface area (Å²) in [6, 6.07) is 9.55. The molecule has 104 valence electrons. The largest absolute Gasteiger partial charge is 0.387 e. The van der Waals surface area contributed by atoms with Crippen molar-refractivity contribution in [3.05, 3.63) is 58.4 Å². The first-order chi connectivity index (χ1) is 9.52. The zero-order chi connectivity index (χ0) is 14.7. The number of rotatable bonds is 3. The van der Waals surface area contributed by atoms with Crippen LogP contribution in [-0.4, -0.2) is 13.0 Å². The molecule has 2 N–H and O–H groups in total. The molecule has 20 heavy (non-hydrogen) atoms. The van der Waals surface area contributed by atoms with Gasteiger partial charge in [-0.25, -0.2) is 4.39 Å². The van der Waals surface area contributed by atoms with E-state index in [1.807, 2.05) is 0 Å². The van der Waals surface area contributed by atoms with Gasteiger partial charge in [-0.3, -0.25) is 4.79 Å². The summed E-state index contributed by atoms with van der Waals surface area (Å²) in [6.45, 7) is 1.73. The molecule has 0 aliphatic heterocycles. The number of aryl methyl sites for hydroxylation is 1. The third kappa shape index (κ3) is 2.91. The Hall–Kier alpha value is -2.07. The molecule has 0 aliphatic carbocycles. The monoisotopic (exact) mass is 292 g/mol. The van der Waals surface area contributed by atoms with Gasteiger partial charge in [-0.15, -0.1) is 0 Å². The van der Waals surface area contributed by atoms with Gasteiger partial charge in [0.2, 0.25) is 0 Å². The van der Waals surface area contributed by atoms with Gasteiger partial charge in [-0.1, -0.05) is 23.7 Å². The topological polar surface area (TPSA) is 41.1 Å². The van der Waals surface area contributed by atoms with Gasteiger partial charge in [0.25, 0.3) is 5.91 Å². The number of carbonyl (C=O) groups excluding carboxylic acids is 1. The third-order valence-corrected chi connectivity index (χ3v) is 3.19. The van der Waals surface area contributed by atoms with Crippen LogP contribution in [0.1, 0.15) is 15.9 Å². The molecule has 2 aromatic rings. The van der Waals surface area contributed by atoms with Crippen LogP contribution in [0.4, 0.5) is 15.8 Å². The molecule has 3 nitrogen and oxygen atoms in total. The van der Waals surface area contributed by atoms with E-state index in [9.17, 15) is 9.18 Å². The van der Waals surface area contributed by atoms with Crippen LogP contribution in [0, 0.1) is 12.7 Å². The summed E-state index contributed by atoms with van der Waals surface area (Å²) < 4.78 is 13.7. The van der Waals surface area contributed by atoms with Crippen LogP contribution in [0.5, 0.6) is 0 Å². The molecule has 0 bridgehead atoms. The first-order valence-corrected chi connectivity index (χ1v) is 6.44. The van der Waals surface area contributed by atoms with Crippen LogP contribution in [0.2, 0.25) is 5.02 Å². The van der Waals surface area contributed by atoms with Gasteiger partial charge in [-0.05, 0) is 36.8 Å². The summed E-state index contributed by atoms with van der Waals surface area (Å²) >= 11 is 5.90. The van der Waals surface area contributed by atoms with Crippen molar-refractivity contribution in [3.8, 4) is 0 Å². The molecule has 0 saturated carbocycles. The summed E-state index contributed by atoms with van der Waals surface area (Å²) in [6.07, 6.45) is 0. The van der Waals surface area contributed by atoms with E-state index in [-0.39, 0.29) is 5.69 Å². The number of hydrogen-bond acceptors (Lipinski definition) is 2. The fourth-order valence-corrected chi connectivity index (χ4v) is 2.07. The number of para-hydroxylation sites is 1. The van der Waals surface area contributed by atoms with Gasteiger partial charge in [0.05, 0.1) is 11.3 Å². The molecule has 0 radical (unpaired) electrons. The molecule has 0 fully saturated rings. The van der Waals surface area contributed by atoms with Crippen LogP contribution >= 0.6 is 11.6 Å². The van der Waals surface area contributed by atoms with Crippen LogP contribution in [0.15, 0.2) is 36.4 Å². The molecular formula is C15H14ClFN2O. The second-order valence-electron chi connectivity index (χ2n) is 4.33. The number of carbonyl (C=O) groups is 1. The average molecular weight is 293 g/mol. The lowest BCUT2D eigenvalue weighted by Crippen LogP contribution is -2.15. The van der Waals surface area contributed by atoms with E-state index < -0.39 is 11.7 Å². The maximum atomic E-state index is 13.7. The molecular weight excluding hydrogens is 279 g/mol. The lowest BCUT2D eigenvalue weighted by Gasteiger charge is -2.12. The van der Waals surface area contributed by atoms with Crippen molar-refractivity contribution in [1.82, 2.24) is 0 Å². The summed E-state index contributed by atoms with van der Waals surface area (Å²) in [5.41, 5.74) is 1.83. The quantitative estimate of drug-likeness (QED) is 0.895. The van der Waals surface area contributed by atoms with Crippen molar-refractivity contribution < 1.29 is 9.18 Å². The molecule has 0 saturated heterocycles. The van der Waals surface area contributed by atoms with Crippen molar-refractivity contribution in [3.63, 3.8) is 0 Å². The molecule has 2 rings (SSSR count). The maximum absolute atomic E-state index is 13.7. The van der Waals surface area contributed by atoms with Gasteiger partial charge in [0, 0.05) is 17.8 Å². The van der Waals surface area contributed by atoms with Gasteiger partial charge in [0.1, 0.15) is 5.82 Å². The second-order valence-corrected chi connectivity index (χ2v) is 4.76. The van der Waals surface area contributed by atoms with Crippen LogP contribution < -0.4 is 10.6 Å². The smallest absolute Gasteiger partial charge is 0.257 e. The number of benzene rings is 2. The maximum Gasteiger partial charge on any atom is 0.257 e. The first kappa shape index (κ1) is 14.3. The minimum Gasteiger partial charge on any atom is -0.387 e. The Morgan fingerprint density at radius 3 is 2.65 bits per heavy atom. The molecule has 0 unspecified atom stereocenters. The van der Waals surface area contributed by atoms with Gasteiger partial charge in [-0.2, -0.15) is 0 Å². The van der Waals surface area contributed by atoms with Crippen molar-refractivity contribution in [2.24, 2.45) is 0 Å². The Morgan fingerprint density at radius 2 is 2.00 bits per heavy atom. The molecule has 0 heterocycles. The summed E-state index contributed by atoms with van der Waals surface area (Å²) in [5, 5.41) is 5.93. The second kappa shape index (κ2) is 5.92. The highest BCUT2D eigenvalue weighted by Crippen LogP contribution is 2.24. The zero-order valence-corrected chi connectivity index (χ0v) is 11.9. The zero-order valence-electron chi connectivity index (χ0n) is 11.1. The van der Waals surface area contributed by atoms with E-state index in [1.165, 1.54) is 6.07 Å². The van der Waals surface area contributed by atoms with Gasteiger partial charge < -0.3 is 10.6 Å². The number of amides is 1. The van der Waals surface area contributed by atoms with E-state index >= 15 is 0 Å². The molecule has 5 heteroatoms. The SMILES string of the molecule is CNc1ccc(Cl)cc1C(=O)Nc1c(C)cccc1F. The van der Waals surface area contributed by atoms with E-state index in [4.69, 9.17) is 11.6 Å². The van der Waals surface area contributed by atoms with Gasteiger partial charge >= 0.3 is 0 Å². The van der Waals surface area contributed by atoms with Crippen molar-refractivity contribution >= 4 is 28.9 Å². The Labute approximate surface area is 121 Å². The van der Waals surface area contributed by atoms with Gasteiger partial charge in [0.15, 0.2) is 0 Å². The van der Waals surface area contributed by atoms with E-state index in [0.29, 0.717) is 21.8 Å². The fraction of sp³-hybridized carbons (Fsp3) is 0.133. The molecule has 1 amide bonds. The highest BCUT2D eigenvalue weighted by Gasteiger charge is 2.14. The van der Waals surface area contributed by atoms with Crippen molar-refractivity contribution in [2.75, 3.05) is 17.7 Å². The van der Waals surface area contributed by atoms with Crippen molar-refractivity contribution in [1.29, 1.82) is 0 Å².